The second kappa shape index (κ2) is 5.81. The van der Waals surface area contributed by atoms with Gasteiger partial charge in [-0.05, 0) is 19.4 Å². The zero-order chi connectivity index (χ0) is 11.2. The van der Waals surface area contributed by atoms with Gasteiger partial charge in [-0.1, -0.05) is 12.0 Å². The fourth-order valence-corrected chi connectivity index (χ4v) is 1.58. The first kappa shape index (κ1) is 11.3. The van der Waals surface area contributed by atoms with Crippen molar-refractivity contribution in [2.45, 2.75) is 32.4 Å². The molecule has 0 bridgehead atoms. The van der Waals surface area contributed by atoms with Crippen molar-refractivity contribution in [3.8, 4) is 0 Å². The number of hydrogen-bond acceptors (Lipinski definition) is 6. The minimum Gasteiger partial charge on any atom is -0.407 e. The lowest BCUT2D eigenvalue weighted by Crippen LogP contribution is -2.19. The zero-order valence-corrected chi connectivity index (χ0v) is 9.53. The molecule has 90 valence electrons. The Balaban J connectivity index is 1.77. The van der Waals surface area contributed by atoms with Crippen LogP contribution in [0.15, 0.2) is 4.42 Å². The summed E-state index contributed by atoms with van der Waals surface area (Å²) >= 11 is 0. The number of hydrogen-bond donors (Lipinski definition) is 2. The monoisotopic (exact) mass is 226 g/mol. The molecular formula is C10H18N4O2. The Morgan fingerprint density at radius 1 is 1.44 bits per heavy atom. The molecule has 6 heteroatoms. The lowest BCUT2D eigenvalue weighted by Gasteiger charge is -2.06. The third-order valence-corrected chi connectivity index (χ3v) is 2.43. The minimum absolute atomic E-state index is 0.303. The SMILES string of the molecule is CCCNCc1nnc(NC2CCOC2)o1. The standard InChI is InChI=1S/C10H18N4O2/c1-2-4-11-6-9-13-14-10(16-9)12-8-3-5-15-7-8/h8,11H,2-7H2,1H3,(H,12,14). The van der Waals surface area contributed by atoms with E-state index in [2.05, 4.69) is 27.8 Å². The molecule has 0 radical (unpaired) electrons. The van der Waals surface area contributed by atoms with Crippen LogP contribution in [0.1, 0.15) is 25.7 Å². The lowest BCUT2D eigenvalue weighted by molar-refractivity contribution is 0.195. The number of nitrogens with one attached hydrogen (secondary N) is 2. The Bertz CT molecular complexity index is 310. The second-order valence-electron chi connectivity index (χ2n) is 3.88. The summed E-state index contributed by atoms with van der Waals surface area (Å²) in [7, 11) is 0. The van der Waals surface area contributed by atoms with Gasteiger partial charge in [-0.2, -0.15) is 0 Å². The van der Waals surface area contributed by atoms with E-state index in [-0.39, 0.29) is 0 Å². The molecule has 1 aliphatic heterocycles. The van der Waals surface area contributed by atoms with Crippen LogP contribution in [0, 0.1) is 0 Å². The predicted molar refractivity (Wildman–Crippen MR) is 59.1 cm³/mol. The molecule has 2 heterocycles. The van der Waals surface area contributed by atoms with E-state index >= 15 is 0 Å². The highest BCUT2D eigenvalue weighted by molar-refractivity contribution is 5.19. The maximum absolute atomic E-state index is 5.44. The fraction of sp³-hybridized carbons (Fsp3) is 0.800. The Morgan fingerprint density at radius 3 is 3.12 bits per heavy atom. The van der Waals surface area contributed by atoms with E-state index in [9.17, 15) is 0 Å². The van der Waals surface area contributed by atoms with Crippen LogP contribution in [0.4, 0.5) is 6.01 Å². The van der Waals surface area contributed by atoms with Gasteiger partial charge >= 0.3 is 6.01 Å². The number of ether oxygens (including phenoxy) is 1. The van der Waals surface area contributed by atoms with E-state index in [1.54, 1.807) is 0 Å². The van der Waals surface area contributed by atoms with Crippen LogP contribution in [0.3, 0.4) is 0 Å². The van der Waals surface area contributed by atoms with Gasteiger partial charge in [0.25, 0.3) is 0 Å². The first-order chi connectivity index (χ1) is 7.88. The smallest absolute Gasteiger partial charge is 0.315 e. The highest BCUT2D eigenvalue weighted by Crippen LogP contribution is 2.12. The maximum atomic E-state index is 5.44. The van der Waals surface area contributed by atoms with Gasteiger partial charge < -0.3 is 19.8 Å². The van der Waals surface area contributed by atoms with E-state index in [1.807, 2.05) is 0 Å². The first-order valence-electron chi connectivity index (χ1n) is 5.76. The molecule has 0 aliphatic carbocycles. The van der Waals surface area contributed by atoms with Crippen molar-refractivity contribution in [2.24, 2.45) is 0 Å². The van der Waals surface area contributed by atoms with Crippen LogP contribution in [0.2, 0.25) is 0 Å². The topological polar surface area (TPSA) is 72.2 Å². The molecule has 0 saturated carbocycles. The van der Waals surface area contributed by atoms with Crippen LogP contribution >= 0.6 is 0 Å². The number of rotatable bonds is 6. The molecule has 1 saturated heterocycles. The van der Waals surface area contributed by atoms with Gasteiger partial charge in [0.2, 0.25) is 5.89 Å². The minimum atomic E-state index is 0.303. The summed E-state index contributed by atoms with van der Waals surface area (Å²) in [5.74, 6) is 0.620. The van der Waals surface area contributed by atoms with E-state index in [1.165, 1.54) is 0 Å². The van der Waals surface area contributed by atoms with E-state index in [0.717, 1.165) is 26.0 Å². The molecule has 1 atom stereocenters. The van der Waals surface area contributed by atoms with Crippen LogP contribution < -0.4 is 10.6 Å². The molecule has 1 fully saturated rings. The van der Waals surface area contributed by atoms with E-state index < -0.39 is 0 Å². The number of aromatic nitrogens is 2. The highest BCUT2D eigenvalue weighted by atomic mass is 16.5. The van der Waals surface area contributed by atoms with E-state index in [0.29, 0.717) is 31.1 Å². The molecule has 0 amide bonds. The molecule has 1 aliphatic rings. The Hall–Kier alpha value is -1.14. The third kappa shape index (κ3) is 3.18. The van der Waals surface area contributed by atoms with Crippen LogP contribution in [0.25, 0.3) is 0 Å². The van der Waals surface area contributed by atoms with Crippen molar-refractivity contribution in [3.63, 3.8) is 0 Å². The molecule has 1 aromatic rings. The van der Waals surface area contributed by atoms with Crippen LogP contribution in [-0.4, -0.2) is 36.0 Å². The summed E-state index contributed by atoms with van der Waals surface area (Å²) in [5.41, 5.74) is 0. The van der Waals surface area contributed by atoms with Gasteiger partial charge in [0, 0.05) is 6.61 Å². The summed E-state index contributed by atoms with van der Waals surface area (Å²) in [6, 6.07) is 0.792. The summed E-state index contributed by atoms with van der Waals surface area (Å²) in [4.78, 5) is 0. The molecule has 0 aromatic carbocycles. The normalized spacial score (nSPS) is 20.2. The fourth-order valence-electron chi connectivity index (χ4n) is 1.58. The summed E-state index contributed by atoms with van der Waals surface area (Å²) in [6.45, 7) is 5.22. The van der Waals surface area contributed by atoms with Gasteiger partial charge in [-0.15, -0.1) is 5.10 Å². The van der Waals surface area contributed by atoms with Gasteiger partial charge in [-0.3, -0.25) is 0 Å². The van der Waals surface area contributed by atoms with Crippen molar-refractivity contribution in [2.75, 3.05) is 25.1 Å². The van der Waals surface area contributed by atoms with Gasteiger partial charge in [0.15, 0.2) is 0 Å². The first-order valence-corrected chi connectivity index (χ1v) is 5.76. The summed E-state index contributed by atoms with van der Waals surface area (Å²) < 4.78 is 10.7. The van der Waals surface area contributed by atoms with Gasteiger partial charge in [0.1, 0.15) is 0 Å². The van der Waals surface area contributed by atoms with Gasteiger partial charge in [0.05, 0.1) is 19.2 Å². The summed E-state index contributed by atoms with van der Waals surface area (Å²) in [5, 5.41) is 14.3. The van der Waals surface area contributed by atoms with Crippen molar-refractivity contribution in [3.05, 3.63) is 5.89 Å². The molecule has 6 nitrogen and oxygen atoms in total. The van der Waals surface area contributed by atoms with Crippen molar-refractivity contribution < 1.29 is 9.15 Å². The lowest BCUT2D eigenvalue weighted by atomic mass is 10.3. The number of anilines is 1. The molecule has 1 aromatic heterocycles. The van der Waals surface area contributed by atoms with Gasteiger partial charge in [-0.25, -0.2) is 0 Å². The predicted octanol–water partition coefficient (Wildman–Crippen LogP) is 0.770. The van der Waals surface area contributed by atoms with E-state index in [4.69, 9.17) is 9.15 Å². The highest BCUT2D eigenvalue weighted by Gasteiger charge is 2.17. The average Bonchev–Trinajstić information content (AvgIpc) is 2.91. The molecule has 16 heavy (non-hydrogen) atoms. The largest absolute Gasteiger partial charge is 0.407 e. The van der Waals surface area contributed by atoms with Crippen molar-refractivity contribution >= 4 is 6.01 Å². The molecule has 1 unspecified atom stereocenters. The molecule has 2 N–H and O–H groups in total. The number of nitrogens with zero attached hydrogens (tertiary/aromatic N) is 2. The molecule has 0 spiro atoms. The Morgan fingerprint density at radius 2 is 2.38 bits per heavy atom. The molecular weight excluding hydrogens is 208 g/mol. The van der Waals surface area contributed by atoms with Crippen molar-refractivity contribution in [1.82, 2.24) is 15.5 Å². The average molecular weight is 226 g/mol. The third-order valence-electron chi connectivity index (χ3n) is 2.43. The van der Waals surface area contributed by atoms with Crippen LogP contribution in [0.5, 0.6) is 0 Å². The maximum Gasteiger partial charge on any atom is 0.315 e. The Kier molecular flexibility index (Phi) is 4.12. The molecule has 2 rings (SSSR count). The van der Waals surface area contributed by atoms with Crippen LogP contribution in [-0.2, 0) is 11.3 Å². The Labute approximate surface area is 94.8 Å². The zero-order valence-electron chi connectivity index (χ0n) is 9.53. The van der Waals surface area contributed by atoms with Crippen molar-refractivity contribution in [1.29, 1.82) is 0 Å². The quantitative estimate of drug-likeness (QED) is 0.698. The summed E-state index contributed by atoms with van der Waals surface area (Å²) in [6.07, 6.45) is 2.09. The second-order valence-corrected chi connectivity index (χ2v) is 3.88.